The van der Waals surface area contributed by atoms with Crippen LogP contribution in [0.5, 0.6) is 0 Å². The first kappa shape index (κ1) is 25.0. The summed E-state index contributed by atoms with van der Waals surface area (Å²) < 4.78 is 32.4. The number of nitrogens with two attached hydrogens (primary N) is 1. The smallest absolute Gasteiger partial charge is 0.243 e. The molecule has 2 heterocycles. The van der Waals surface area contributed by atoms with Gasteiger partial charge >= 0.3 is 0 Å². The lowest BCUT2D eigenvalue weighted by molar-refractivity contribution is 0.104. The van der Waals surface area contributed by atoms with Gasteiger partial charge in [0.15, 0.2) is 0 Å². The highest BCUT2D eigenvalue weighted by Crippen LogP contribution is 2.33. The molecule has 1 aromatic heterocycles. The summed E-state index contributed by atoms with van der Waals surface area (Å²) in [6.07, 6.45) is 0. The van der Waals surface area contributed by atoms with E-state index in [1.165, 1.54) is 36.6 Å². The third kappa shape index (κ3) is 5.10. The van der Waals surface area contributed by atoms with Crippen LogP contribution in [-0.2, 0) is 21.3 Å². The number of nitrogens with zero attached hydrogens (tertiary/aromatic N) is 2. The van der Waals surface area contributed by atoms with Crippen molar-refractivity contribution < 1.29 is 17.9 Å². The van der Waals surface area contributed by atoms with E-state index < -0.39 is 10.0 Å². The van der Waals surface area contributed by atoms with Crippen molar-refractivity contribution in [1.29, 1.82) is 0 Å². The molecule has 0 saturated carbocycles. The van der Waals surface area contributed by atoms with Gasteiger partial charge in [0.2, 0.25) is 15.8 Å². The first-order chi connectivity index (χ1) is 16.2. The number of ketones is 1. The van der Waals surface area contributed by atoms with E-state index in [1.807, 2.05) is 12.1 Å². The van der Waals surface area contributed by atoms with Gasteiger partial charge < -0.3 is 15.4 Å². The summed E-state index contributed by atoms with van der Waals surface area (Å²) in [5, 5.41) is 2.24. The maximum absolute atomic E-state index is 13.1. The Kier molecular flexibility index (Phi) is 7.51. The lowest BCUT2D eigenvalue weighted by atomic mass is 10.1. The molecule has 1 fully saturated rings. The van der Waals surface area contributed by atoms with Crippen molar-refractivity contribution >= 4 is 61.7 Å². The van der Waals surface area contributed by atoms with Crippen LogP contribution in [0, 0.1) is 0 Å². The Balaban J connectivity index is 1.50. The van der Waals surface area contributed by atoms with Gasteiger partial charge in [-0.05, 0) is 53.4 Å². The van der Waals surface area contributed by atoms with Crippen LogP contribution in [0.1, 0.15) is 20.8 Å². The second-order valence-electron chi connectivity index (χ2n) is 7.82. The van der Waals surface area contributed by atoms with Crippen LogP contribution in [0.15, 0.2) is 52.7 Å². The van der Waals surface area contributed by atoms with E-state index in [0.717, 1.165) is 23.1 Å². The minimum Gasteiger partial charge on any atom is -0.397 e. The molecule has 0 radical (unpaired) electrons. The van der Waals surface area contributed by atoms with Gasteiger partial charge in [-0.3, -0.25) is 4.79 Å². The number of thiophene rings is 1. The Morgan fingerprint density at radius 3 is 2.47 bits per heavy atom. The van der Waals surface area contributed by atoms with Crippen LogP contribution in [0.3, 0.4) is 0 Å². The molecule has 34 heavy (non-hydrogen) atoms. The quantitative estimate of drug-likeness (QED) is 0.350. The molecule has 180 valence electrons. The fraction of sp³-hybridized carbons (Fsp3) is 0.261. The molecule has 2 aromatic carbocycles. The molecule has 2 N–H and O–H groups in total. The number of halogens is 2. The number of hydrogen-bond acceptors (Lipinski definition) is 7. The molecule has 0 bridgehead atoms. The van der Waals surface area contributed by atoms with E-state index in [-0.39, 0.29) is 33.0 Å². The fourth-order valence-electron chi connectivity index (χ4n) is 3.60. The van der Waals surface area contributed by atoms with Crippen molar-refractivity contribution in [2.24, 2.45) is 0 Å². The summed E-state index contributed by atoms with van der Waals surface area (Å²) in [4.78, 5) is 15.7. The summed E-state index contributed by atoms with van der Waals surface area (Å²) in [6, 6.07) is 11.6. The van der Waals surface area contributed by atoms with Gasteiger partial charge in [0.25, 0.3) is 0 Å². The van der Waals surface area contributed by atoms with Crippen LogP contribution in [0.25, 0.3) is 0 Å². The molecule has 0 atom stereocenters. The molecule has 3 aromatic rings. The third-order valence-electron chi connectivity index (χ3n) is 5.58. The normalized spacial score (nSPS) is 14.5. The Morgan fingerprint density at radius 2 is 1.82 bits per heavy atom. The maximum atomic E-state index is 13.1. The molecular formula is C23H23Cl2N3O4S2. The predicted octanol–water partition coefficient (Wildman–Crippen LogP) is 4.53. The van der Waals surface area contributed by atoms with E-state index in [9.17, 15) is 13.2 Å². The molecule has 7 nitrogen and oxygen atoms in total. The van der Waals surface area contributed by atoms with Gasteiger partial charge in [0, 0.05) is 37.9 Å². The van der Waals surface area contributed by atoms with Crippen molar-refractivity contribution in [3.8, 4) is 0 Å². The topological polar surface area (TPSA) is 92.9 Å². The average Bonchev–Trinajstić information content (AvgIpc) is 3.20. The molecule has 0 aliphatic carbocycles. The monoisotopic (exact) mass is 539 g/mol. The number of carbonyl (C=O) groups excluding carboxylic acids is 1. The predicted molar refractivity (Wildman–Crippen MR) is 137 cm³/mol. The SMILES string of the molecule is CN(Cc1csc(C(=O)c2ccc(N3CCOCC3)cc2)c1Cl)S(=O)(=O)c1ccc(Cl)c(N)c1. The van der Waals surface area contributed by atoms with Crippen LogP contribution >= 0.6 is 34.5 Å². The lowest BCUT2D eigenvalue weighted by Gasteiger charge is -2.28. The Bertz CT molecular complexity index is 1300. The zero-order valence-corrected chi connectivity index (χ0v) is 21.5. The minimum absolute atomic E-state index is 0.00342. The standard InChI is InChI=1S/C23H23Cl2N3O4S2/c1-27(34(30,31)18-6-7-19(24)20(26)12-18)13-16-14-33-23(21(16)25)22(29)15-2-4-17(5-3-15)28-8-10-32-11-9-28/h2-7,12,14H,8-11,13,26H2,1H3. The van der Waals surface area contributed by atoms with E-state index >= 15 is 0 Å². The zero-order chi connectivity index (χ0) is 24.5. The molecule has 4 rings (SSSR count). The van der Waals surface area contributed by atoms with Crippen LogP contribution in [0.2, 0.25) is 10.0 Å². The highest BCUT2D eigenvalue weighted by molar-refractivity contribution is 7.89. The number of morpholine rings is 1. The van der Waals surface area contributed by atoms with Crippen molar-refractivity contribution in [3.63, 3.8) is 0 Å². The Labute approximate surface area is 212 Å². The number of ether oxygens (including phenoxy) is 1. The number of sulfonamides is 1. The molecule has 0 spiro atoms. The van der Waals surface area contributed by atoms with E-state index in [1.54, 1.807) is 17.5 Å². The molecule has 1 saturated heterocycles. The Morgan fingerprint density at radius 1 is 1.15 bits per heavy atom. The van der Waals surface area contributed by atoms with E-state index in [2.05, 4.69) is 4.90 Å². The lowest BCUT2D eigenvalue weighted by Crippen LogP contribution is -2.36. The second-order valence-corrected chi connectivity index (χ2v) is 11.5. The van der Waals surface area contributed by atoms with Crippen LogP contribution < -0.4 is 10.6 Å². The molecule has 11 heteroatoms. The maximum Gasteiger partial charge on any atom is 0.243 e. The van der Waals surface area contributed by atoms with Gasteiger partial charge in [-0.2, -0.15) is 4.31 Å². The van der Waals surface area contributed by atoms with Crippen LogP contribution in [-0.4, -0.2) is 51.9 Å². The van der Waals surface area contributed by atoms with Gasteiger partial charge in [-0.1, -0.05) is 23.2 Å². The van der Waals surface area contributed by atoms with E-state index in [4.69, 9.17) is 33.7 Å². The number of hydrogen-bond donors (Lipinski definition) is 1. The molecular weight excluding hydrogens is 517 g/mol. The molecule has 0 unspecified atom stereocenters. The highest BCUT2D eigenvalue weighted by atomic mass is 35.5. The average molecular weight is 540 g/mol. The number of carbonyl (C=O) groups is 1. The van der Waals surface area contributed by atoms with Crippen LogP contribution in [0.4, 0.5) is 11.4 Å². The largest absolute Gasteiger partial charge is 0.397 e. The van der Waals surface area contributed by atoms with Crippen molar-refractivity contribution in [1.82, 2.24) is 4.31 Å². The zero-order valence-electron chi connectivity index (χ0n) is 18.3. The van der Waals surface area contributed by atoms with Gasteiger partial charge in [-0.25, -0.2) is 8.42 Å². The van der Waals surface area contributed by atoms with Gasteiger partial charge in [0.1, 0.15) is 0 Å². The van der Waals surface area contributed by atoms with Gasteiger partial charge in [0.05, 0.1) is 38.7 Å². The summed E-state index contributed by atoms with van der Waals surface area (Å²) >= 11 is 13.6. The summed E-state index contributed by atoms with van der Waals surface area (Å²) in [7, 11) is -2.39. The number of nitrogen functional groups attached to an aromatic ring is 1. The van der Waals surface area contributed by atoms with Crippen molar-refractivity contribution in [2.45, 2.75) is 11.4 Å². The molecule has 0 amide bonds. The first-order valence-electron chi connectivity index (χ1n) is 10.4. The summed E-state index contributed by atoms with van der Waals surface area (Å²) in [5.41, 5.74) is 8.04. The number of anilines is 2. The number of benzene rings is 2. The summed E-state index contributed by atoms with van der Waals surface area (Å²) in [5.74, 6) is -0.203. The second kappa shape index (κ2) is 10.2. The minimum atomic E-state index is -3.83. The third-order valence-corrected chi connectivity index (χ3v) is 9.30. The Hall–Kier alpha value is -2.14. The van der Waals surface area contributed by atoms with Gasteiger partial charge in [-0.15, -0.1) is 11.3 Å². The summed E-state index contributed by atoms with van der Waals surface area (Å²) in [6.45, 7) is 3.00. The van der Waals surface area contributed by atoms with E-state index in [0.29, 0.717) is 29.2 Å². The number of rotatable bonds is 7. The highest BCUT2D eigenvalue weighted by Gasteiger charge is 2.25. The van der Waals surface area contributed by atoms with Crippen molar-refractivity contribution in [3.05, 3.63) is 73.9 Å². The fourth-order valence-corrected chi connectivity index (χ4v) is 6.22. The molecule has 1 aliphatic rings. The van der Waals surface area contributed by atoms with Crippen molar-refractivity contribution in [2.75, 3.05) is 44.0 Å². The first-order valence-corrected chi connectivity index (χ1v) is 13.5. The molecule has 1 aliphatic heterocycles.